The van der Waals surface area contributed by atoms with Crippen LogP contribution in [0.15, 0.2) is 72.4 Å². The number of ether oxygens (including phenoxy) is 1. The number of amides is 1. The normalized spacial score (nSPS) is 18.8. The summed E-state index contributed by atoms with van der Waals surface area (Å²) in [6.45, 7) is 12.8. The summed E-state index contributed by atoms with van der Waals surface area (Å²) in [7, 11) is 0. The summed E-state index contributed by atoms with van der Waals surface area (Å²) in [5.41, 5.74) is 2.13. The molecule has 4 rings (SSSR count). The number of rotatable bonds is 9. The lowest BCUT2D eigenvalue weighted by atomic mass is 9.92. The Hall–Kier alpha value is -3.06. The van der Waals surface area contributed by atoms with Crippen molar-refractivity contribution in [3.8, 4) is 16.9 Å². The smallest absolute Gasteiger partial charge is 0.235 e. The summed E-state index contributed by atoms with van der Waals surface area (Å²) in [4.78, 5) is 15.2. The van der Waals surface area contributed by atoms with Crippen LogP contribution in [-0.4, -0.2) is 43.9 Å². The lowest BCUT2D eigenvalue weighted by molar-refractivity contribution is -0.132. The number of hydrogen-bond acceptors (Lipinski definition) is 5. The van der Waals surface area contributed by atoms with Crippen LogP contribution in [0, 0.1) is 11.8 Å². The second-order valence-corrected chi connectivity index (χ2v) is 10.7. The van der Waals surface area contributed by atoms with Gasteiger partial charge >= 0.3 is 0 Å². The number of likely N-dealkylation sites (tertiary alicyclic amines) is 1. The van der Waals surface area contributed by atoms with Gasteiger partial charge in [0.1, 0.15) is 12.4 Å². The van der Waals surface area contributed by atoms with Crippen LogP contribution < -0.4 is 4.74 Å². The molecule has 1 saturated heterocycles. The van der Waals surface area contributed by atoms with Crippen molar-refractivity contribution in [1.29, 1.82) is 0 Å². The fourth-order valence-electron chi connectivity index (χ4n) is 4.72. The Morgan fingerprint density at radius 2 is 1.80 bits per heavy atom. The van der Waals surface area contributed by atoms with Gasteiger partial charge in [-0.15, -0.1) is 16.8 Å². The van der Waals surface area contributed by atoms with Crippen LogP contribution in [0.5, 0.6) is 5.75 Å². The number of allylic oxidation sites excluding steroid dienone is 1. The molecule has 0 bridgehead atoms. The molecule has 3 atom stereocenters. The van der Waals surface area contributed by atoms with Gasteiger partial charge in [-0.2, -0.15) is 0 Å². The number of carbonyl (C=O) groups excluding carboxylic acids is 1. The highest BCUT2D eigenvalue weighted by atomic mass is 32.2. The lowest BCUT2D eigenvalue weighted by Crippen LogP contribution is -2.45. The van der Waals surface area contributed by atoms with Gasteiger partial charge in [-0.3, -0.25) is 9.36 Å². The molecular formula is C28H34N4O2S. The van der Waals surface area contributed by atoms with Gasteiger partial charge in [-0.05, 0) is 36.8 Å². The van der Waals surface area contributed by atoms with E-state index in [4.69, 9.17) is 4.74 Å². The molecule has 7 heteroatoms. The molecule has 1 amide bonds. The van der Waals surface area contributed by atoms with Crippen molar-refractivity contribution in [2.75, 3.05) is 13.1 Å². The van der Waals surface area contributed by atoms with Crippen molar-refractivity contribution in [3.05, 3.63) is 73.1 Å². The molecule has 0 N–H and O–H groups in total. The Balaban J connectivity index is 1.47. The standard InChI is InChI=1S/C28H34N4O2S/c1-5-15-32-26(19-34-25-14-10-9-13-24(25)23-11-7-6-8-12-23)29-30-28(32)35-22(4)27(33)31-17-20(2)16-21(3)18-31/h5-14,20-22H,1,15-19H2,2-4H3/t20-,21+,22-/m0/s1. The number of carbonyl (C=O) groups is 1. The molecule has 2 heterocycles. The summed E-state index contributed by atoms with van der Waals surface area (Å²) >= 11 is 1.45. The van der Waals surface area contributed by atoms with E-state index in [-0.39, 0.29) is 17.8 Å². The summed E-state index contributed by atoms with van der Waals surface area (Å²) < 4.78 is 8.19. The van der Waals surface area contributed by atoms with Crippen LogP contribution in [0.1, 0.15) is 33.0 Å². The van der Waals surface area contributed by atoms with E-state index in [9.17, 15) is 4.79 Å². The predicted molar refractivity (Wildman–Crippen MR) is 141 cm³/mol. The second kappa shape index (κ2) is 11.6. The first-order chi connectivity index (χ1) is 17.0. The molecule has 1 aliphatic heterocycles. The van der Waals surface area contributed by atoms with Crippen LogP contribution in [0.25, 0.3) is 11.1 Å². The SMILES string of the molecule is C=CCn1c(COc2ccccc2-c2ccccc2)nnc1S[C@@H](C)C(=O)N1C[C@H](C)C[C@H](C)C1. The van der Waals surface area contributed by atoms with E-state index >= 15 is 0 Å². The molecule has 0 spiro atoms. The molecule has 184 valence electrons. The lowest BCUT2D eigenvalue weighted by Gasteiger charge is -2.36. The van der Waals surface area contributed by atoms with Crippen molar-refractivity contribution in [2.24, 2.45) is 11.8 Å². The van der Waals surface area contributed by atoms with E-state index in [1.807, 2.05) is 58.9 Å². The fourth-order valence-corrected chi connectivity index (χ4v) is 5.69. The number of piperidine rings is 1. The Morgan fingerprint density at radius 1 is 1.11 bits per heavy atom. The van der Waals surface area contributed by atoms with Crippen molar-refractivity contribution >= 4 is 17.7 Å². The molecule has 1 fully saturated rings. The van der Waals surface area contributed by atoms with Crippen LogP contribution in [0.2, 0.25) is 0 Å². The van der Waals surface area contributed by atoms with Gasteiger partial charge in [-0.25, -0.2) is 0 Å². The molecule has 1 aliphatic rings. The minimum absolute atomic E-state index is 0.163. The van der Waals surface area contributed by atoms with Gasteiger partial charge in [0.25, 0.3) is 0 Å². The van der Waals surface area contributed by atoms with Gasteiger partial charge in [0.2, 0.25) is 5.91 Å². The average Bonchev–Trinajstić information content (AvgIpc) is 3.23. The maximum atomic E-state index is 13.2. The number of thioether (sulfide) groups is 1. The van der Waals surface area contributed by atoms with Crippen molar-refractivity contribution in [3.63, 3.8) is 0 Å². The van der Waals surface area contributed by atoms with E-state index in [1.165, 1.54) is 18.2 Å². The van der Waals surface area contributed by atoms with Gasteiger partial charge in [0, 0.05) is 25.2 Å². The van der Waals surface area contributed by atoms with Crippen LogP contribution in [0.3, 0.4) is 0 Å². The third-order valence-electron chi connectivity index (χ3n) is 6.24. The minimum atomic E-state index is -0.243. The summed E-state index contributed by atoms with van der Waals surface area (Å²) in [6, 6.07) is 18.2. The summed E-state index contributed by atoms with van der Waals surface area (Å²) in [5.74, 6) is 2.72. The first-order valence-corrected chi connectivity index (χ1v) is 13.1. The molecule has 35 heavy (non-hydrogen) atoms. The van der Waals surface area contributed by atoms with Gasteiger partial charge in [-0.1, -0.05) is 80.2 Å². The van der Waals surface area contributed by atoms with E-state index in [0.29, 0.717) is 29.4 Å². The molecule has 3 aromatic rings. The third-order valence-corrected chi connectivity index (χ3v) is 7.31. The number of hydrogen-bond donors (Lipinski definition) is 0. The molecule has 0 radical (unpaired) electrons. The number of benzene rings is 2. The largest absolute Gasteiger partial charge is 0.485 e. The first-order valence-electron chi connectivity index (χ1n) is 12.2. The number of para-hydroxylation sites is 1. The molecular weight excluding hydrogens is 456 g/mol. The summed E-state index contributed by atoms with van der Waals surface area (Å²) in [5, 5.41) is 9.26. The zero-order chi connectivity index (χ0) is 24.8. The topological polar surface area (TPSA) is 60.2 Å². The van der Waals surface area contributed by atoms with E-state index in [0.717, 1.165) is 30.0 Å². The second-order valence-electron chi connectivity index (χ2n) is 9.40. The third kappa shape index (κ3) is 6.14. The van der Waals surface area contributed by atoms with E-state index < -0.39 is 0 Å². The van der Waals surface area contributed by atoms with Gasteiger partial charge in [0.15, 0.2) is 11.0 Å². The van der Waals surface area contributed by atoms with Crippen LogP contribution in [0.4, 0.5) is 0 Å². The Morgan fingerprint density at radius 3 is 2.51 bits per heavy atom. The van der Waals surface area contributed by atoms with E-state index in [2.05, 4.69) is 48.8 Å². The maximum Gasteiger partial charge on any atom is 0.235 e. The molecule has 0 aliphatic carbocycles. The van der Waals surface area contributed by atoms with Crippen LogP contribution in [-0.2, 0) is 17.9 Å². The highest BCUT2D eigenvalue weighted by Gasteiger charge is 2.29. The number of nitrogens with zero attached hydrogens (tertiary/aromatic N) is 4. The Labute approximate surface area is 212 Å². The molecule has 2 aromatic carbocycles. The molecule has 0 unspecified atom stereocenters. The maximum absolute atomic E-state index is 13.2. The Bertz CT molecular complexity index is 1140. The molecule has 6 nitrogen and oxygen atoms in total. The zero-order valence-electron chi connectivity index (χ0n) is 20.8. The Kier molecular flexibility index (Phi) is 8.29. The van der Waals surface area contributed by atoms with Crippen molar-refractivity contribution in [2.45, 2.75) is 50.8 Å². The quantitative estimate of drug-likeness (QED) is 0.285. The van der Waals surface area contributed by atoms with Gasteiger partial charge < -0.3 is 9.64 Å². The molecule has 0 saturated carbocycles. The monoisotopic (exact) mass is 490 g/mol. The van der Waals surface area contributed by atoms with E-state index in [1.54, 1.807) is 0 Å². The van der Waals surface area contributed by atoms with Crippen molar-refractivity contribution < 1.29 is 9.53 Å². The summed E-state index contributed by atoms with van der Waals surface area (Å²) in [6.07, 6.45) is 2.99. The highest BCUT2D eigenvalue weighted by molar-refractivity contribution is 8.00. The van der Waals surface area contributed by atoms with Crippen LogP contribution >= 0.6 is 11.8 Å². The zero-order valence-corrected chi connectivity index (χ0v) is 21.6. The number of aromatic nitrogens is 3. The first kappa shape index (κ1) is 25.0. The molecule has 1 aromatic heterocycles. The highest BCUT2D eigenvalue weighted by Crippen LogP contribution is 2.31. The van der Waals surface area contributed by atoms with Crippen molar-refractivity contribution in [1.82, 2.24) is 19.7 Å². The average molecular weight is 491 g/mol. The minimum Gasteiger partial charge on any atom is -0.485 e. The predicted octanol–water partition coefficient (Wildman–Crippen LogP) is 5.70. The van der Waals surface area contributed by atoms with Gasteiger partial charge in [0.05, 0.1) is 5.25 Å². The fraction of sp³-hybridized carbons (Fsp3) is 0.393.